The Morgan fingerprint density at radius 2 is 1.70 bits per heavy atom. The maximum absolute atomic E-state index is 12.8. The van der Waals surface area contributed by atoms with Gasteiger partial charge in [0.2, 0.25) is 11.8 Å². The molecule has 0 radical (unpaired) electrons. The van der Waals surface area contributed by atoms with Crippen LogP contribution >= 0.6 is 0 Å². The van der Waals surface area contributed by atoms with Crippen LogP contribution in [-0.2, 0) is 9.59 Å². The van der Waals surface area contributed by atoms with Gasteiger partial charge >= 0.3 is 0 Å². The summed E-state index contributed by atoms with van der Waals surface area (Å²) >= 11 is 0. The van der Waals surface area contributed by atoms with Crippen molar-refractivity contribution in [2.24, 2.45) is 0 Å². The van der Waals surface area contributed by atoms with E-state index in [4.69, 9.17) is 0 Å². The maximum Gasteiger partial charge on any atom is 0.246 e. The van der Waals surface area contributed by atoms with Crippen molar-refractivity contribution in [3.05, 3.63) is 0 Å². The number of nitrogens with zero attached hydrogens (tertiary/aromatic N) is 1. The molecule has 1 unspecified atom stereocenters. The van der Waals surface area contributed by atoms with Crippen LogP contribution in [0, 0.1) is 0 Å². The summed E-state index contributed by atoms with van der Waals surface area (Å²) in [7, 11) is 0. The van der Waals surface area contributed by atoms with E-state index in [1.807, 2.05) is 25.7 Å². The fourth-order valence-corrected chi connectivity index (χ4v) is 3.90. The van der Waals surface area contributed by atoms with Gasteiger partial charge < -0.3 is 10.2 Å². The third kappa shape index (κ3) is 2.33. The second-order valence-electron chi connectivity index (χ2n) is 6.17. The number of amides is 2. The molecule has 0 aromatic carbocycles. The van der Waals surface area contributed by atoms with Gasteiger partial charge in [-0.15, -0.1) is 0 Å². The van der Waals surface area contributed by atoms with Crippen LogP contribution in [0.2, 0.25) is 0 Å². The Kier molecular flexibility index (Phi) is 4.71. The lowest BCUT2D eigenvalue weighted by Crippen LogP contribution is -2.72. The van der Waals surface area contributed by atoms with Crippen molar-refractivity contribution < 1.29 is 9.59 Å². The number of nitrogens with one attached hydrogen (secondary N) is 1. The molecule has 4 heteroatoms. The van der Waals surface area contributed by atoms with Crippen LogP contribution in [0.15, 0.2) is 0 Å². The molecule has 0 spiro atoms. The van der Waals surface area contributed by atoms with Crippen LogP contribution < -0.4 is 5.32 Å². The number of rotatable bonds is 4. The second kappa shape index (κ2) is 6.15. The largest absolute Gasteiger partial charge is 0.342 e. The minimum atomic E-state index is -0.620. The summed E-state index contributed by atoms with van der Waals surface area (Å²) in [5.41, 5.74) is -0.620. The Morgan fingerprint density at radius 3 is 2.20 bits per heavy atom. The molecule has 1 heterocycles. The average Bonchev–Trinajstić information content (AvgIpc) is 2.49. The fourth-order valence-electron chi connectivity index (χ4n) is 3.90. The standard InChI is InChI=1S/C16H28N2O2/c1-4-13-14(19)18(12-10-8-7-9-11-12)16(5-2,6-3)15(20)17-13/h12-13H,4-11H2,1-3H3,(H,17,20). The number of hydrogen-bond acceptors (Lipinski definition) is 2. The summed E-state index contributed by atoms with van der Waals surface area (Å²) in [6.07, 6.45) is 7.80. The van der Waals surface area contributed by atoms with Crippen LogP contribution in [0.4, 0.5) is 0 Å². The van der Waals surface area contributed by atoms with Crippen molar-refractivity contribution in [1.82, 2.24) is 10.2 Å². The predicted octanol–water partition coefficient (Wildman–Crippen LogP) is 2.61. The van der Waals surface area contributed by atoms with Gasteiger partial charge in [0.05, 0.1) is 0 Å². The van der Waals surface area contributed by atoms with Gasteiger partial charge in [0, 0.05) is 6.04 Å². The van der Waals surface area contributed by atoms with E-state index in [-0.39, 0.29) is 23.9 Å². The molecule has 1 N–H and O–H groups in total. The maximum atomic E-state index is 12.8. The highest BCUT2D eigenvalue weighted by molar-refractivity contribution is 6.00. The van der Waals surface area contributed by atoms with Crippen molar-refractivity contribution in [1.29, 1.82) is 0 Å². The number of carbonyl (C=O) groups is 2. The highest BCUT2D eigenvalue weighted by Crippen LogP contribution is 2.36. The molecule has 1 atom stereocenters. The van der Waals surface area contributed by atoms with Crippen LogP contribution in [0.3, 0.4) is 0 Å². The van der Waals surface area contributed by atoms with E-state index in [9.17, 15) is 9.59 Å². The third-order valence-electron chi connectivity index (χ3n) is 5.24. The smallest absolute Gasteiger partial charge is 0.246 e. The van der Waals surface area contributed by atoms with E-state index in [0.717, 1.165) is 12.8 Å². The van der Waals surface area contributed by atoms with Crippen molar-refractivity contribution in [3.63, 3.8) is 0 Å². The molecular formula is C16H28N2O2. The van der Waals surface area contributed by atoms with Gasteiger partial charge in [-0.05, 0) is 32.1 Å². The van der Waals surface area contributed by atoms with Crippen LogP contribution in [0.25, 0.3) is 0 Å². The molecule has 1 saturated heterocycles. The lowest BCUT2D eigenvalue weighted by atomic mass is 9.81. The molecule has 1 aliphatic carbocycles. The molecule has 1 aliphatic heterocycles. The molecule has 4 nitrogen and oxygen atoms in total. The summed E-state index contributed by atoms with van der Waals surface area (Å²) in [5.74, 6) is 0.197. The molecule has 2 aliphatic rings. The topological polar surface area (TPSA) is 49.4 Å². The van der Waals surface area contributed by atoms with Crippen molar-refractivity contribution in [2.75, 3.05) is 0 Å². The Bertz CT molecular complexity index is 371. The number of piperazine rings is 1. The van der Waals surface area contributed by atoms with Crippen molar-refractivity contribution >= 4 is 11.8 Å². The van der Waals surface area contributed by atoms with Gasteiger partial charge in [0.15, 0.2) is 0 Å². The van der Waals surface area contributed by atoms with Gasteiger partial charge in [-0.25, -0.2) is 0 Å². The molecule has 0 bridgehead atoms. The first-order valence-electron chi connectivity index (χ1n) is 8.24. The summed E-state index contributed by atoms with van der Waals surface area (Å²) < 4.78 is 0. The molecule has 2 amide bonds. The van der Waals surface area contributed by atoms with Gasteiger partial charge in [-0.2, -0.15) is 0 Å². The minimum absolute atomic E-state index is 0.0551. The van der Waals surface area contributed by atoms with E-state index in [1.54, 1.807) is 0 Å². The lowest BCUT2D eigenvalue weighted by Gasteiger charge is -2.52. The predicted molar refractivity (Wildman–Crippen MR) is 79.3 cm³/mol. The molecule has 2 fully saturated rings. The van der Waals surface area contributed by atoms with Gasteiger partial charge in [-0.1, -0.05) is 40.0 Å². The zero-order valence-corrected chi connectivity index (χ0v) is 13.1. The first kappa shape index (κ1) is 15.3. The van der Waals surface area contributed by atoms with Crippen molar-refractivity contribution in [3.8, 4) is 0 Å². The molecule has 1 saturated carbocycles. The normalized spacial score (nSPS) is 27.6. The lowest BCUT2D eigenvalue weighted by molar-refractivity contribution is -0.163. The Balaban J connectivity index is 2.36. The van der Waals surface area contributed by atoms with E-state index in [2.05, 4.69) is 5.32 Å². The van der Waals surface area contributed by atoms with E-state index in [1.165, 1.54) is 19.3 Å². The van der Waals surface area contributed by atoms with Gasteiger partial charge in [0.25, 0.3) is 0 Å². The van der Waals surface area contributed by atoms with Crippen LogP contribution in [0.1, 0.15) is 72.1 Å². The third-order valence-corrected chi connectivity index (χ3v) is 5.24. The number of carbonyl (C=O) groups excluding carboxylic acids is 2. The van der Waals surface area contributed by atoms with Gasteiger partial charge in [-0.3, -0.25) is 9.59 Å². The second-order valence-corrected chi connectivity index (χ2v) is 6.17. The summed E-state index contributed by atoms with van der Waals surface area (Å²) in [5, 5.41) is 2.95. The summed E-state index contributed by atoms with van der Waals surface area (Å²) in [4.78, 5) is 27.5. The molecule has 114 valence electrons. The van der Waals surface area contributed by atoms with Crippen molar-refractivity contribution in [2.45, 2.75) is 89.8 Å². The number of hydrogen-bond donors (Lipinski definition) is 1. The van der Waals surface area contributed by atoms with Crippen LogP contribution in [-0.4, -0.2) is 34.3 Å². The zero-order chi connectivity index (χ0) is 14.8. The highest BCUT2D eigenvalue weighted by Gasteiger charge is 2.52. The minimum Gasteiger partial charge on any atom is -0.342 e. The van der Waals surface area contributed by atoms with E-state index in [0.29, 0.717) is 19.3 Å². The molecule has 0 aromatic rings. The Morgan fingerprint density at radius 1 is 1.10 bits per heavy atom. The Labute approximate surface area is 122 Å². The summed E-state index contributed by atoms with van der Waals surface area (Å²) in [6, 6.07) is -0.0631. The monoisotopic (exact) mass is 280 g/mol. The molecule has 0 aromatic heterocycles. The van der Waals surface area contributed by atoms with E-state index < -0.39 is 5.54 Å². The van der Waals surface area contributed by atoms with Gasteiger partial charge in [0.1, 0.15) is 11.6 Å². The molecular weight excluding hydrogens is 252 g/mol. The van der Waals surface area contributed by atoms with Crippen LogP contribution in [0.5, 0.6) is 0 Å². The first-order valence-corrected chi connectivity index (χ1v) is 8.24. The SMILES string of the molecule is CCC1NC(=O)C(CC)(CC)N(C2CCCCC2)C1=O. The first-order chi connectivity index (χ1) is 9.60. The fraction of sp³-hybridized carbons (Fsp3) is 0.875. The zero-order valence-electron chi connectivity index (χ0n) is 13.1. The quantitative estimate of drug-likeness (QED) is 0.860. The Hall–Kier alpha value is -1.06. The summed E-state index contributed by atoms with van der Waals surface area (Å²) in [6.45, 7) is 6.02. The molecule has 20 heavy (non-hydrogen) atoms. The highest BCUT2D eigenvalue weighted by atomic mass is 16.2. The van der Waals surface area contributed by atoms with E-state index >= 15 is 0 Å². The molecule has 2 rings (SSSR count). The average molecular weight is 280 g/mol.